The molecule has 7 heteroatoms. The van der Waals surface area contributed by atoms with E-state index in [0.29, 0.717) is 11.4 Å². The van der Waals surface area contributed by atoms with E-state index < -0.39 is 5.66 Å². The zero-order valence-corrected chi connectivity index (χ0v) is 16.6. The summed E-state index contributed by atoms with van der Waals surface area (Å²) in [7, 11) is 0. The Labute approximate surface area is 165 Å². The number of nitrogens with two attached hydrogens (primary N) is 1. The molecule has 4 rings (SSSR count). The second-order valence-electron chi connectivity index (χ2n) is 8.93. The van der Waals surface area contributed by atoms with Crippen molar-refractivity contribution in [1.82, 2.24) is 9.88 Å². The highest BCUT2D eigenvalue weighted by atomic mass is 16.2. The Morgan fingerprint density at radius 3 is 2.54 bits per heavy atom. The van der Waals surface area contributed by atoms with Crippen LogP contribution >= 0.6 is 0 Å². The lowest BCUT2D eigenvalue weighted by Crippen LogP contribution is -2.54. The van der Waals surface area contributed by atoms with E-state index in [0.717, 1.165) is 44.9 Å². The van der Waals surface area contributed by atoms with E-state index in [1.165, 1.54) is 6.34 Å². The van der Waals surface area contributed by atoms with Crippen molar-refractivity contribution in [3.05, 3.63) is 40.5 Å². The molecule has 0 saturated heterocycles. The summed E-state index contributed by atoms with van der Waals surface area (Å²) >= 11 is 0. The molecular formula is C21H29N5O2. The lowest BCUT2D eigenvalue weighted by Gasteiger charge is -2.40. The van der Waals surface area contributed by atoms with Gasteiger partial charge in [0.05, 0.1) is 11.9 Å². The maximum absolute atomic E-state index is 13.5. The molecule has 2 heterocycles. The van der Waals surface area contributed by atoms with Crippen molar-refractivity contribution in [2.45, 2.75) is 70.0 Å². The number of rotatable bonds is 4. The summed E-state index contributed by atoms with van der Waals surface area (Å²) in [6.45, 7) is 4.27. The number of carbonyl (C=O) groups excluding carboxylic acids is 1. The van der Waals surface area contributed by atoms with Crippen LogP contribution in [0.2, 0.25) is 0 Å². The van der Waals surface area contributed by atoms with Gasteiger partial charge in [0.15, 0.2) is 0 Å². The highest BCUT2D eigenvalue weighted by Gasteiger charge is 2.56. The number of aliphatic imine (C=N–C) groups is 1. The van der Waals surface area contributed by atoms with E-state index >= 15 is 0 Å². The van der Waals surface area contributed by atoms with Crippen LogP contribution in [0.1, 0.15) is 69.3 Å². The van der Waals surface area contributed by atoms with Crippen LogP contribution in [0.3, 0.4) is 0 Å². The SMILES string of the molecule is CC1(C)CCCC12NC(=O)c1ccc(NC3(/C=C\N=C/N)CCCC3)c(=O)n12. The van der Waals surface area contributed by atoms with Crippen molar-refractivity contribution in [2.24, 2.45) is 16.1 Å². The summed E-state index contributed by atoms with van der Waals surface area (Å²) in [6.07, 6.45) is 11.7. The average Bonchev–Trinajstić information content (AvgIpc) is 3.30. The van der Waals surface area contributed by atoms with E-state index in [4.69, 9.17) is 5.73 Å². The third kappa shape index (κ3) is 2.67. The van der Waals surface area contributed by atoms with Crippen molar-refractivity contribution in [3.63, 3.8) is 0 Å². The van der Waals surface area contributed by atoms with Crippen molar-refractivity contribution in [1.29, 1.82) is 0 Å². The number of carbonyl (C=O) groups is 1. The van der Waals surface area contributed by atoms with Crippen LogP contribution in [0.15, 0.2) is 34.2 Å². The van der Waals surface area contributed by atoms with Gasteiger partial charge < -0.3 is 16.4 Å². The number of fused-ring (bicyclic) bond motifs is 2. The second kappa shape index (κ2) is 6.50. The first kappa shape index (κ1) is 18.8. The smallest absolute Gasteiger partial charge is 0.276 e. The van der Waals surface area contributed by atoms with Crippen LogP contribution in [0.4, 0.5) is 5.69 Å². The Morgan fingerprint density at radius 2 is 1.89 bits per heavy atom. The van der Waals surface area contributed by atoms with Crippen molar-refractivity contribution < 1.29 is 4.79 Å². The van der Waals surface area contributed by atoms with Gasteiger partial charge in [0, 0.05) is 11.6 Å². The topological polar surface area (TPSA) is 102 Å². The summed E-state index contributed by atoms with van der Waals surface area (Å²) in [5.41, 5.74) is 5.06. The van der Waals surface area contributed by atoms with Crippen LogP contribution in [-0.2, 0) is 5.66 Å². The van der Waals surface area contributed by atoms with Gasteiger partial charge in [-0.2, -0.15) is 0 Å². The molecule has 2 aliphatic carbocycles. The number of aromatic nitrogens is 1. The quantitative estimate of drug-likeness (QED) is 0.549. The van der Waals surface area contributed by atoms with E-state index in [2.05, 4.69) is 29.5 Å². The maximum Gasteiger partial charge on any atom is 0.276 e. The number of hydrogen-bond acceptors (Lipinski definition) is 4. The summed E-state index contributed by atoms with van der Waals surface area (Å²) in [5.74, 6) is -0.161. The largest absolute Gasteiger partial charge is 0.390 e. The van der Waals surface area contributed by atoms with E-state index in [1.807, 2.05) is 6.08 Å². The molecule has 1 amide bonds. The minimum Gasteiger partial charge on any atom is -0.390 e. The predicted octanol–water partition coefficient (Wildman–Crippen LogP) is 2.68. The normalized spacial score (nSPS) is 27.7. The predicted molar refractivity (Wildman–Crippen MR) is 110 cm³/mol. The van der Waals surface area contributed by atoms with Gasteiger partial charge in [-0.05, 0) is 50.3 Å². The number of nitrogens with zero attached hydrogens (tertiary/aromatic N) is 2. The minimum atomic E-state index is -0.642. The van der Waals surface area contributed by atoms with Gasteiger partial charge in [0.2, 0.25) is 0 Å². The molecule has 1 aliphatic heterocycles. The van der Waals surface area contributed by atoms with Crippen LogP contribution in [0, 0.1) is 5.41 Å². The molecule has 150 valence electrons. The second-order valence-corrected chi connectivity index (χ2v) is 8.93. The van der Waals surface area contributed by atoms with E-state index in [-0.39, 0.29) is 22.4 Å². The first-order valence-electron chi connectivity index (χ1n) is 10.1. The number of anilines is 1. The van der Waals surface area contributed by atoms with Gasteiger partial charge in [-0.1, -0.05) is 26.7 Å². The molecule has 1 aromatic rings. The van der Waals surface area contributed by atoms with Crippen molar-refractivity contribution in [3.8, 4) is 0 Å². The van der Waals surface area contributed by atoms with Gasteiger partial charge in [-0.3, -0.25) is 14.2 Å². The Kier molecular flexibility index (Phi) is 4.36. The fourth-order valence-corrected chi connectivity index (χ4v) is 5.32. The van der Waals surface area contributed by atoms with Crippen LogP contribution < -0.4 is 21.9 Å². The molecule has 2 fully saturated rings. The number of pyridine rings is 1. The maximum atomic E-state index is 13.5. The van der Waals surface area contributed by atoms with Gasteiger partial charge >= 0.3 is 0 Å². The molecule has 1 spiro atoms. The molecular weight excluding hydrogens is 354 g/mol. The molecule has 0 bridgehead atoms. The fourth-order valence-electron chi connectivity index (χ4n) is 5.32. The first-order chi connectivity index (χ1) is 13.3. The van der Waals surface area contributed by atoms with Crippen molar-refractivity contribution >= 4 is 17.9 Å². The molecule has 1 aromatic heterocycles. The van der Waals surface area contributed by atoms with Gasteiger partial charge in [0.1, 0.15) is 17.0 Å². The minimum absolute atomic E-state index is 0.132. The highest BCUT2D eigenvalue weighted by molar-refractivity contribution is 5.95. The molecule has 7 nitrogen and oxygen atoms in total. The molecule has 1 atom stereocenters. The van der Waals surface area contributed by atoms with Crippen LogP contribution in [-0.4, -0.2) is 22.4 Å². The lowest BCUT2D eigenvalue weighted by atomic mass is 9.81. The summed E-state index contributed by atoms with van der Waals surface area (Å²) in [6, 6.07) is 3.52. The zero-order valence-electron chi connectivity index (χ0n) is 16.6. The van der Waals surface area contributed by atoms with E-state index in [1.54, 1.807) is 22.9 Å². The zero-order chi connectivity index (χ0) is 20.0. The summed E-state index contributed by atoms with van der Waals surface area (Å²) in [4.78, 5) is 30.2. The fraction of sp³-hybridized carbons (Fsp3) is 0.571. The lowest BCUT2D eigenvalue weighted by molar-refractivity contribution is 0.0719. The number of nitrogens with one attached hydrogen (secondary N) is 2. The molecule has 28 heavy (non-hydrogen) atoms. The highest BCUT2D eigenvalue weighted by Crippen LogP contribution is 2.51. The van der Waals surface area contributed by atoms with Gasteiger partial charge in [-0.15, -0.1) is 0 Å². The molecule has 1 unspecified atom stereocenters. The number of hydrogen-bond donors (Lipinski definition) is 3. The Morgan fingerprint density at radius 1 is 1.14 bits per heavy atom. The summed E-state index contributed by atoms with van der Waals surface area (Å²) < 4.78 is 1.72. The van der Waals surface area contributed by atoms with Crippen LogP contribution in [0.5, 0.6) is 0 Å². The van der Waals surface area contributed by atoms with E-state index in [9.17, 15) is 9.59 Å². The monoisotopic (exact) mass is 383 g/mol. The van der Waals surface area contributed by atoms with Crippen LogP contribution in [0.25, 0.3) is 0 Å². The van der Waals surface area contributed by atoms with Gasteiger partial charge in [-0.25, -0.2) is 4.99 Å². The third-order valence-electron chi connectivity index (χ3n) is 6.92. The standard InChI is InChI=1S/C21H29N5O2/c1-19(2)8-5-11-21(19)25-17(27)16-7-6-15(18(28)26(16)21)24-20(9-3-4-10-20)12-13-23-14-22/h6-7,12-14,24H,3-5,8-11H2,1-2H3,(H2,22,23)(H,25,27)/b13-12-. The molecule has 2 saturated carbocycles. The number of amides is 1. The molecule has 4 N–H and O–H groups in total. The third-order valence-corrected chi connectivity index (χ3v) is 6.92. The average molecular weight is 383 g/mol. The van der Waals surface area contributed by atoms with Gasteiger partial charge in [0.25, 0.3) is 11.5 Å². The molecule has 3 aliphatic rings. The summed E-state index contributed by atoms with van der Waals surface area (Å²) in [5, 5.41) is 6.63. The molecule has 0 aromatic carbocycles. The Balaban J connectivity index is 1.78. The Bertz CT molecular complexity index is 908. The van der Waals surface area contributed by atoms with Crippen molar-refractivity contribution in [2.75, 3.05) is 5.32 Å². The Hall–Kier alpha value is -2.57. The first-order valence-corrected chi connectivity index (χ1v) is 10.1. The molecule has 0 radical (unpaired) electrons.